The first-order chi connectivity index (χ1) is 8.71. The van der Waals surface area contributed by atoms with E-state index >= 15 is 0 Å². The molecule has 0 aliphatic heterocycles. The van der Waals surface area contributed by atoms with E-state index in [1.165, 1.54) is 0 Å². The Balaban J connectivity index is 2.96. The average molecular weight is 267 g/mol. The zero-order valence-corrected chi connectivity index (χ0v) is 11.8. The van der Waals surface area contributed by atoms with Crippen molar-refractivity contribution in [2.45, 2.75) is 46.2 Å². The third-order valence-corrected chi connectivity index (χ3v) is 2.53. The maximum Gasteiger partial charge on any atom is 0.305 e. The molecule has 0 spiro atoms. The normalized spacial score (nSPS) is 11.6. The number of rotatable bonds is 6. The topological polar surface area (TPSA) is 84.2 Å². The van der Waals surface area contributed by atoms with Crippen LogP contribution in [-0.2, 0) is 11.3 Å². The van der Waals surface area contributed by atoms with Crippen molar-refractivity contribution in [3.8, 4) is 0 Å². The molecule has 6 heteroatoms. The molecule has 0 amide bonds. The first-order valence-corrected chi connectivity index (χ1v) is 6.27. The predicted molar refractivity (Wildman–Crippen MR) is 73.3 cm³/mol. The molecule has 0 aliphatic carbocycles. The zero-order chi connectivity index (χ0) is 14.6. The maximum absolute atomic E-state index is 12.2. The van der Waals surface area contributed by atoms with Crippen molar-refractivity contribution in [3.05, 3.63) is 22.7 Å². The Kier molecular flexibility index (Phi) is 4.69. The molecule has 1 rings (SSSR count). The highest BCUT2D eigenvalue weighted by Crippen LogP contribution is 2.13. The lowest BCUT2D eigenvalue weighted by molar-refractivity contribution is -0.137. The number of nitrogens with zero attached hydrogens (tertiary/aromatic N) is 2. The van der Waals surface area contributed by atoms with E-state index in [0.717, 1.165) is 0 Å². The van der Waals surface area contributed by atoms with Crippen LogP contribution in [0.2, 0.25) is 0 Å². The number of hydrogen-bond acceptors (Lipinski definition) is 4. The summed E-state index contributed by atoms with van der Waals surface area (Å²) in [5, 5.41) is 11.7. The highest BCUT2D eigenvalue weighted by Gasteiger charge is 2.23. The molecule has 0 saturated carbocycles. The summed E-state index contributed by atoms with van der Waals surface area (Å²) in [4.78, 5) is 26.9. The summed E-state index contributed by atoms with van der Waals surface area (Å²) < 4.78 is 1.58. The molecule has 1 aromatic heterocycles. The summed E-state index contributed by atoms with van der Waals surface area (Å²) in [5.74, 6) is -0.384. The summed E-state index contributed by atoms with van der Waals surface area (Å²) in [6.07, 6.45) is 3.09. The lowest BCUT2D eigenvalue weighted by atomic mass is 10.0. The molecular formula is C13H21N3O3. The van der Waals surface area contributed by atoms with Crippen molar-refractivity contribution in [2.75, 3.05) is 5.32 Å². The van der Waals surface area contributed by atoms with Crippen LogP contribution < -0.4 is 10.9 Å². The van der Waals surface area contributed by atoms with Gasteiger partial charge in [0.25, 0.3) is 5.56 Å². The van der Waals surface area contributed by atoms with Crippen molar-refractivity contribution in [3.63, 3.8) is 0 Å². The molecule has 1 heterocycles. The lowest BCUT2D eigenvalue weighted by Crippen LogP contribution is -2.38. The number of nitrogens with one attached hydrogen (secondary N) is 1. The third-order valence-electron chi connectivity index (χ3n) is 2.53. The largest absolute Gasteiger partial charge is 0.481 e. The fourth-order valence-corrected chi connectivity index (χ4v) is 1.81. The monoisotopic (exact) mass is 267 g/mol. The second-order valence-corrected chi connectivity index (χ2v) is 5.71. The fraction of sp³-hybridized carbons (Fsp3) is 0.615. The van der Waals surface area contributed by atoms with Crippen LogP contribution in [-0.4, -0.2) is 26.2 Å². The molecule has 19 heavy (non-hydrogen) atoms. The van der Waals surface area contributed by atoms with Gasteiger partial charge >= 0.3 is 5.97 Å². The van der Waals surface area contributed by atoms with Crippen molar-refractivity contribution < 1.29 is 9.90 Å². The van der Waals surface area contributed by atoms with Crippen LogP contribution in [0.15, 0.2) is 17.2 Å². The molecule has 0 unspecified atom stereocenters. The Morgan fingerprint density at radius 1 is 1.53 bits per heavy atom. The van der Waals surface area contributed by atoms with Crippen molar-refractivity contribution >= 4 is 11.8 Å². The van der Waals surface area contributed by atoms with E-state index in [1.54, 1.807) is 30.8 Å². The molecule has 0 aromatic carbocycles. The smallest absolute Gasteiger partial charge is 0.305 e. The van der Waals surface area contributed by atoms with Crippen molar-refractivity contribution in [2.24, 2.45) is 5.92 Å². The van der Waals surface area contributed by atoms with Gasteiger partial charge in [0, 0.05) is 24.5 Å². The summed E-state index contributed by atoms with van der Waals surface area (Å²) >= 11 is 0. The summed E-state index contributed by atoms with van der Waals surface area (Å²) in [7, 11) is 0. The highest BCUT2D eigenvalue weighted by atomic mass is 16.4. The molecule has 0 radical (unpaired) electrons. The molecular weight excluding hydrogens is 246 g/mol. The highest BCUT2D eigenvalue weighted by molar-refractivity contribution is 5.69. The van der Waals surface area contributed by atoms with Crippen LogP contribution in [0.4, 0.5) is 5.82 Å². The maximum atomic E-state index is 12.2. The second kappa shape index (κ2) is 5.86. The van der Waals surface area contributed by atoms with Crippen LogP contribution >= 0.6 is 0 Å². The molecule has 0 bridgehead atoms. The molecule has 6 nitrogen and oxygen atoms in total. The lowest BCUT2D eigenvalue weighted by Gasteiger charge is -2.24. The van der Waals surface area contributed by atoms with Gasteiger partial charge in [-0.05, 0) is 19.8 Å². The Labute approximate surface area is 112 Å². The average Bonchev–Trinajstić information content (AvgIpc) is 2.21. The molecule has 106 valence electrons. The van der Waals surface area contributed by atoms with Gasteiger partial charge in [-0.3, -0.25) is 9.59 Å². The van der Waals surface area contributed by atoms with Crippen LogP contribution in [0.1, 0.15) is 34.1 Å². The van der Waals surface area contributed by atoms with Crippen LogP contribution in [0, 0.1) is 5.92 Å². The molecule has 0 atom stereocenters. The van der Waals surface area contributed by atoms with Crippen molar-refractivity contribution in [1.82, 2.24) is 9.55 Å². The Bertz CT molecular complexity index is 506. The van der Waals surface area contributed by atoms with Gasteiger partial charge < -0.3 is 15.0 Å². The van der Waals surface area contributed by atoms with Gasteiger partial charge in [-0.15, -0.1) is 0 Å². The van der Waals surface area contributed by atoms with Gasteiger partial charge in [-0.1, -0.05) is 13.8 Å². The van der Waals surface area contributed by atoms with E-state index in [1.807, 2.05) is 13.8 Å². The van der Waals surface area contributed by atoms with Crippen LogP contribution in [0.25, 0.3) is 0 Å². The van der Waals surface area contributed by atoms with E-state index in [0.29, 0.717) is 12.5 Å². The number of hydrogen-bond donors (Lipinski definition) is 2. The van der Waals surface area contributed by atoms with Gasteiger partial charge in [0.15, 0.2) is 5.82 Å². The van der Waals surface area contributed by atoms with Crippen LogP contribution in [0.3, 0.4) is 0 Å². The number of carboxylic acids is 1. The third kappa shape index (κ3) is 4.73. The number of aliphatic carboxylic acids is 1. The molecule has 2 N–H and O–H groups in total. The molecule has 1 aromatic rings. The quantitative estimate of drug-likeness (QED) is 0.817. The van der Waals surface area contributed by atoms with E-state index in [-0.39, 0.29) is 17.8 Å². The minimum atomic E-state index is -0.920. The fourth-order valence-electron chi connectivity index (χ4n) is 1.81. The van der Waals surface area contributed by atoms with Gasteiger partial charge in [-0.2, -0.15) is 0 Å². The Hall–Kier alpha value is -1.85. The van der Waals surface area contributed by atoms with Crippen LogP contribution in [0.5, 0.6) is 0 Å². The van der Waals surface area contributed by atoms with Gasteiger partial charge in [0.05, 0.1) is 6.42 Å². The number of anilines is 1. The summed E-state index contributed by atoms with van der Waals surface area (Å²) in [6.45, 7) is 8.10. The van der Waals surface area contributed by atoms with E-state index in [2.05, 4.69) is 10.3 Å². The Morgan fingerprint density at radius 2 is 2.16 bits per heavy atom. The second-order valence-electron chi connectivity index (χ2n) is 5.71. The molecule has 0 fully saturated rings. The van der Waals surface area contributed by atoms with Gasteiger partial charge in [0.1, 0.15) is 0 Å². The number of carbonyl (C=O) groups is 1. The first kappa shape index (κ1) is 15.2. The van der Waals surface area contributed by atoms with E-state index in [4.69, 9.17) is 5.11 Å². The molecule has 0 aliphatic rings. The number of aromatic nitrogens is 2. The van der Waals surface area contributed by atoms with E-state index < -0.39 is 11.5 Å². The number of carboxylic acid groups (broad SMARTS) is 1. The van der Waals surface area contributed by atoms with Crippen molar-refractivity contribution in [1.29, 1.82) is 0 Å². The SMILES string of the molecule is CC(C)Cn1ccnc(NC(C)(C)CC(=O)O)c1=O. The summed E-state index contributed by atoms with van der Waals surface area (Å²) in [6, 6.07) is 0. The molecule has 0 saturated heterocycles. The Morgan fingerprint density at radius 3 is 2.68 bits per heavy atom. The predicted octanol–water partition coefficient (Wildman–Crippen LogP) is 1.56. The van der Waals surface area contributed by atoms with Gasteiger partial charge in [0.2, 0.25) is 0 Å². The van der Waals surface area contributed by atoms with Gasteiger partial charge in [-0.25, -0.2) is 4.98 Å². The minimum absolute atomic E-state index is 0.0901. The first-order valence-electron chi connectivity index (χ1n) is 6.27. The summed E-state index contributed by atoms with van der Waals surface area (Å²) in [5.41, 5.74) is -0.954. The zero-order valence-electron chi connectivity index (χ0n) is 11.8. The minimum Gasteiger partial charge on any atom is -0.481 e. The van der Waals surface area contributed by atoms with E-state index in [9.17, 15) is 9.59 Å². The standard InChI is InChI=1S/C13H21N3O3/c1-9(2)8-16-6-5-14-11(12(16)19)15-13(3,4)7-10(17)18/h5-6,9H,7-8H2,1-4H3,(H,14,15)(H,17,18).